The van der Waals surface area contributed by atoms with Crippen LogP contribution in [-0.4, -0.2) is 58.8 Å². The zero-order valence-electron chi connectivity index (χ0n) is 10.5. The van der Waals surface area contributed by atoms with Crippen molar-refractivity contribution in [1.82, 2.24) is 9.80 Å². The van der Waals surface area contributed by atoms with Crippen LogP contribution in [0.25, 0.3) is 0 Å². The standard InChI is InChI=1S/C12H20N2O2S/c1-9(8-17-2)13-7-5-11(15)14-6-3-4-10(14)12(13)16/h9-10H,3-8H2,1-2H3. The Morgan fingerprint density at radius 3 is 2.88 bits per heavy atom. The van der Waals surface area contributed by atoms with Gasteiger partial charge in [0.05, 0.1) is 0 Å². The Balaban J connectivity index is 2.14. The highest BCUT2D eigenvalue weighted by Gasteiger charge is 2.40. The van der Waals surface area contributed by atoms with Crippen LogP contribution in [0.15, 0.2) is 0 Å². The molecule has 0 aromatic heterocycles. The summed E-state index contributed by atoms with van der Waals surface area (Å²) in [7, 11) is 0. The smallest absolute Gasteiger partial charge is 0.245 e. The van der Waals surface area contributed by atoms with Crippen LogP contribution < -0.4 is 0 Å². The molecular weight excluding hydrogens is 236 g/mol. The molecule has 2 aliphatic rings. The van der Waals surface area contributed by atoms with Gasteiger partial charge < -0.3 is 9.80 Å². The summed E-state index contributed by atoms with van der Waals surface area (Å²) in [6.45, 7) is 3.43. The number of nitrogens with zero attached hydrogens (tertiary/aromatic N) is 2. The Kier molecular flexibility index (Phi) is 3.97. The van der Waals surface area contributed by atoms with Gasteiger partial charge in [0, 0.05) is 31.3 Å². The summed E-state index contributed by atoms with van der Waals surface area (Å²) in [4.78, 5) is 28.0. The van der Waals surface area contributed by atoms with Crippen molar-refractivity contribution >= 4 is 23.6 Å². The van der Waals surface area contributed by atoms with Gasteiger partial charge in [-0.05, 0) is 26.0 Å². The molecular formula is C12H20N2O2S. The molecule has 0 aromatic rings. The monoisotopic (exact) mass is 256 g/mol. The molecule has 0 bridgehead atoms. The molecule has 5 heteroatoms. The van der Waals surface area contributed by atoms with E-state index in [1.807, 2.05) is 11.2 Å². The summed E-state index contributed by atoms with van der Waals surface area (Å²) >= 11 is 1.75. The lowest BCUT2D eigenvalue weighted by Crippen LogP contribution is -2.47. The quantitative estimate of drug-likeness (QED) is 0.755. The SMILES string of the molecule is CSCC(C)N1CCC(=O)N2CCCC2C1=O. The number of fused-ring (bicyclic) bond motifs is 1. The average molecular weight is 256 g/mol. The maximum absolute atomic E-state index is 12.4. The molecule has 0 saturated carbocycles. The third-order valence-electron chi connectivity index (χ3n) is 3.65. The number of carbonyl (C=O) groups excluding carboxylic acids is 2. The number of rotatable bonds is 3. The lowest BCUT2D eigenvalue weighted by molar-refractivity contribution is -0.140. The molecule has 2 saturated heterocycles. The van der Waals surface area contributed by atoms with Crippen LogP contribution in [-0.2, 0) is 9.59 Å². The van der Waals surface area contributed by atoms with Gasteiger partial charge in [-0.2, -0.15) is 11.8 Å². The first-order valence-corrected chi connectivity index (χ1v) is 7.63. The van der Waals surface area contributed by atoms with Crippen molar-refractivity contribution in [3.8, 4) is 0 Å². The third kappa shape index (κ3) is 2.44. The van der Waals surface area contributed by atoms with Gasteiger partial charge in [-0.3, -0.25) is 9.59 Å². The molecule has 2 heterocycles. The topological polar surface area (TPSA) is 40.6 Å². The molecule has 0 aromatic carbocycles. The highest BCUT2D eigenvalue weighted by Crippen LogP contribution is 2.24. The van der Waals surface area contributed by atoms with Crippen LogP contribution >= 0.6 is 11.8 Å². The van der Waals surface area contributed by atoms with Gasteiger partial charge in [-0.1, -0.05) is 0 Å². The fourth-order valence-electron chi connectivity index (χ4n) is 2.75. The summed E-state index contributed by atoms with van der Waals surface area (Å²) in [6, 6.07) is 0.0557. The molecule has 2 amide bonds. The predicted molar refractivity (Wildman–Crippen MR) is 68.9 cm³/mol. The van der Waals surface area contributed by atoms with Gasteiger partial charge in [0.1, 0.15) is 6.04 Å². The molecule has 2 rings (SSSR count). The number of carbonyl (C=O) groups is 2. The molecule has 4 nitrogen and oxygen atoms in total. The van der Waals surface area contributed by atoms with Crippen molar-refractivity contribution in [2.24, 2.45) is 0 Å². The van der Waals surface area contributed by atoms with E-state index in [4.69, 9.17) is 0 Å². The average Bonchev–Trinajstić information content (AvgIpc) is 2.74. The van der Waals surface area contributed by atoms with Crippen LogP contribution in [0.4, 0.5) is 0 Å². The minimum Gasteiger partial charge on any atom is -0.337 e. The van der Waals surface area contributed by atoms with Gasteiger partial charge in [-0.15, -0.1) is 0 Å². The summed E-state index contributed by atoms with van der Waals surface area (Å²) in [6.07, 6.45) is 4.34. The largest absolute Gasteiger partial charge is 0.337 e. The van der Waals surface area contributed by atoms with Crippen molar-refractivity contribution < 1.29 is 9.59 Å². The van der Waals surface area contributed by atoms with Gasteiger partial charge in [0.15, 0.2) is 0 Å². The Morgan fingerprint density at radius 1 is 1.41 bits per heavy atom. The molecule has 96 valence electrons. The Bertz CT molecular complexity index is 322. The predicted octanol–water partition coefficient (Wildman–Crippen LogP) is 0.961. The Hall–Kier alpha value is -0.710. The Morgan fingerprint density at radius 2 is 2.18 bits per heavy atom. The van der Waals surface area contributed by atoms with E-state index in [1.165, 1.54) is 0 Å². The maximum Gasteiger partial charge on any atom is 0.245 e. The fraction of sp³-hybridized carbons (Fsp3) is 0.833. The van der Waals surface area contributed by atoms with Crippen LogP contribution in [0.1, 0.15) is 26.2 Å². The van der Waals surface area contributed by atoms with Crippen molar-refractivity contribution in [2.45, 2.75) is 38.3 Å². The third-order valence-corrected chi connectivity index (χ3v) is 4.46. The van der Waals surface area contributed by atoms with E-state index >= 15 is 0 Å². The van der Waals surface area contributed by atoms with E-state index in [1.54, 1.807) is 16.7 Å². The second kappa shape index (κ2) is 5.29. The van der Waals surface area contributed by atoms with Crippen LogP contribution in [0.3, 0.4) is 0 Å². The van der Waals surface area contributed by atoms with Crippen LogP contribution in [0.5, 0.6) is 0 Å². The van der Waals surface area contributed by atoms with Crippen molar-refractivity contribution in [3.05, 3.63) is 0 Å². The number of amides is 2. The normalized spacial score (nSPS) is 27.1. The van der Waals surface area contributed by atoms with E-state index in [9.17, 15) is 9.59 Å². The highest BCUT2D eigenvalue weighted by molar-refractivity contribution is 7.98. The zero-order chi connectivity index (χ0) is 12.4. The highest BCUT2D eigenvalue weighted by atomic mass is 32.2. The van der Waals surface area contributed by atoms with Gasteiger partial charge >= 0.3 is 0 Å². The van der Waals surface area contributed by atoms with E-state index in [2.05, 4.69) is 6.92 Å². The van der Waals surface area contributed by atoms with Crippen molar-refractivity contribution in [3.63, 3.8) is 0 Å². The number of hydrogen-bond acceptors (Lipinski definition) is 3. The first-order chi connectivity index (χ1) is 8.15. The van der Waals surface area contributed by atoms with E-state index in [0.29, 0.717) is 13.0 Å². The van der Waals surface area contributed by atoms with Crippen LogP contribution in [0.2, 0.25) is 0 Å². The molecule has 0 aliphatic carbocycles. The molecule has 2 unspecified atom stereocenters. The molecule has 2 atom stereocenters. The Labute approximate surface area is 107 Å². The van der Waals surface area contributed by atoms with Gasteiger partial charge in [-0.25, -0.2) is 0 Å². The molecule has 0 N–H and O–H groups in total. The molecule has 2 aliphatic heterocycles. The lowest BCUT2D eigenvalue weighted by Gasteiger charge is -2.30. The van der Waals surface area contributed by atoms with Crippen molar-refractivity contribution in [2.75, 3.05) is 25.1 Å². The fourth-order valence-corrected chi connectivity index (χ4v) is 3.41. The number of hydrogen-bond donors (Lipinski definition) is 0. The van der Waals surface area contributed by atoms with Gasteiger partial charge in [0.25, 0.3) is 0 Å². The second-order valence-corrected chi connectivity index (χ2v) is 5.74. The van der Waals surface area contributed by atoms with E-state index in [-0.39, 0.29) is 23.9 Å². The molecule has 0 radical (unpaired) electrons. The van der Waals surface area contributed by atoms with Crippen molar-refractivity contribution in [1.29, 1.82) is 0 Å². The lowest BCUT2D eigenvalue weighted by atomic mass is 10.2. The number of thioether (sulfide) groups is 1. The van der Waals surface area contributed by atoms with E-state index in [0.717, 1.165) is 25.1 Å². The second-order valence-electron chi connectivity index (χ2n) is 4.83. The molecule has 17 heavy (non-hydrogen) atoms. The first-order valence-electron chi connectivity index (χ1n) is 6.24. The summed E-state index contributed by atoms with van der Waals surface area (Å²) in [5.74, 6) is 1.25. The summed E-state index contributed by atoms with van der Waals surface area (Å²) in [5, 5.41) is 0. The minimum absolute atomic E-state index is 0.153. The first kappa shape index (κ1) is 12.7. The summed E-state index contributed by atoms with van der Waals surface area (Å²) in [5.41, 5.74) is 0. The molecule has 2 fully saturated rings. The van der Waals surface area contributed by atoms with Gasteiger partial charge in [0.2, 0.25) is 11.8 Å². The maximum atomic E-state index is 12.4. The summed E-state index contributed by atoms with van der Waals surface area (Å²) < 4.78 is 0. The minimum atomic E-state index is -0.172. The molecule has 0 spiro atoms. The zero-order valence-corrected chi connectivity index (χ0v) is 11.3. The van der Waals surface area contributed by atoms with E-state index < -0.39 is 0 Å². The van der Waals surface area contributed by atoms with Crippen LogP contribution in [0, 0.1) is 0 Å².